The fraction of sp³-hybridized carbons (Fsp3) is 0. The number of carbonyl (C=O) groups is 1. The number of aromatic nitrogens is 4. The molecule has 0 aliphatic rings. The van der Waals surface area contributed by atoms with E-state index in [1.165, 1.54) is 16.0 Å². The van der Waals surface area contributed by atoms with E-state index in [0.717, 1.165) is 10.4 Å². The number of carboxylic acids is 1. The van der Waals surface area contributed by atoms with Gasteiger partial charge in [-0.1, -0.05) is 36.4 Å². The Hall–Kier alpha value is -2.80. The number of carboxylic acid groups (broad SMARTS) is 1. The van der Waals surface area contributed by atoms with Gasteiger partial charge >= 0.3 is 5.97 Å². The monoisotopic (exact) mass is 298 g/mol. The van der Waals surface area contributed by atoms with E-state index < -0.39 is 5.97 Å². The smallest absolute Gasteiger partial charge is 0.354 e. The Morgan fingerprint density at radius 3 is 2.67 bits per heavy atom. The predicted octanol–water partition coefficient (Wildman–Crippen LogP) is 2.48. The van der Waals surface area contributed by atoms with Crippen molar-refractivity contribution in [2.45, 2.75) is 0 Å². The summed E-state index contributed by atoms with van der Waals surface area (Å²) in [4.78, 5) is 12.3. The molecule has 0 saturated carbocycles. The van der Waals surface area contributed by atoms with Gasteiger partial charge in [0.1, 0.15) is 0 Å². The Bertz CT molecular complexity index is 778. The summed E-state index contributed by atoms with van der Waals surface area (Å²) in [6, 6.07) is 12.9. The number of hydrogen-bond donors (Lipinski definition) is 1. The Labute approximate surface area is 124 Å². The Balaban J connectivity index is 2.11. The molecule has 0 radical (unpaired) electrons. The van der Waals surface area contributed by atoms with E-state index in [1.54, 1.807) is 6.08 Å². The van der Waals surface area contributed by atoms with Crippen molar-refractivity contribution in [2.75, 3.05) is 0 Å². The molecule has 0 aliphatic heterocycles. The topological polar surface area (TPSA) is 80.9 Å². The standard InChI is InChI=1S/C14H10N4O2S/c19-14(20)12(9-11-7-4-8-21-11)18-13(15-16-17-18)10-5-2-1-3-6-10/h1-9H,(H,19,20)/b12-9-. The van der Waals surface area contributed by atoms with Gasteiger partial charge in [0.15, 0.2) is 11.5 Å². The molecule has 0 fully saturated rings. The second kappa shape index (κ2) is 5.68. The summed E-state index contributed by atoms with van der Waals surface area (Å²) in [5, 5.41) is 22.6. The van der Waals surface area contributed by atoms with E-state index in [-0.39, 0.29) is 5.70 Å². The van der Waals surface area contributed by atoms with Crippen molar-refractivity contribution in [3.05, 3.63) is 52.7 Å². The van der Waals surface area contributed by atoms with Crippen LogP contribution in [0.1, 0.15) is 4.88 Å². The van der Waals surface area contributed by atoms with Gasteiger partial charge in [0.05, 0.1) is 0 Å². The van der Waals surface area contributed by atoms with Gasteiger partial charge in [-0.25, -0.2) is 4.79 Å². The maximum Gasteiger partial charge on any atom is 0.354 e. The first-order valence-corrected chi connectivity index (χ1v) is 6.96. The number of benzene rings is 1. The zero-order valence-electron chi connectivity index (χ0n) is 10.7. The van der Waals surface area contributed by atoms with Crippen molar-refractivity contribution >= 4 is 29.1 Å². The molecule has 0 bridgehead atoms. The van der Waals surface area contributed by atoms with Crippen LogP contribution in [0.15, 0.2) is 47.8 Å². The van der Waals surface area contributed by atoms with E-state index >= 15 is 0 Å². The zero-order chi connectivity index (χ0) is 14.7. The molecule has 2 heterocycles. The summed E-state index contributed by atoms with van der Waals surface area (Å²) in [6.45, 7) is 0. The molecule has 21 heavy (non-hydrogen) atoms. The summed E-state index contributed by atoms with van der Waals surface area (Å²) in [7, 11) is 0. The number of thiophene rings is 1. The molecule has 3 aromatic rings. The number of rotatable bonds is 4. The normalized spacial score (nSPS) is 11.5. The van der Waals surface area contributed by atoms with Gasteiger partial charge < -0.3 is 5.11 Å². The molecule has 0 unspecified atom stereocenters. The van der Waals surface area contributed by atoms with E-state index in [9.17, 15) is 9.90 Å². The molecule has 6 nitrogen and oxygen atoms in total. The van der Waals surface area contributed by atoms with Crippen LogP contribution in [0.4, 0.5) is 0 Å². The van der Waals surface area contributed by atoms with Crippen LogP contribution in [0.3, 0.4) is 0 Å². The molecular formula is C14H10N4O2S. The van der Waals surface area contributed by atoms with Gasteiger partial charge in [-0.2, -0.15) is 4.68 Å². The van der Waals surface area contributed by atoms with Gasteiger partial charge in [0.25, 0.3) is 0 Å². The Kier molecular flexibility index (Phi) is 3.57. The van der Waals surface area contributed by atoms with E-state index in [0.29, 0.717) is 5.82 Å². The lowest BCUT2D eigenvalue weighted by Crippen LogP contribution is -2.10. The first-order chi connectivity index (χ1) is 10.3. The lowest BCUT2D eigenvalue weighted by molar-refractivity contribution is -0.130. The van der Waals surface area contributed by atoms with Crippen LogP contribution >= 0.6 is 11.3 Å². The van der Waals surface area contributed by atoms with Crippen molar-refractivity contribution in [1.29, 1.82) is 0 Å². The minimum absolute atomic E-state index is 0.00121. The second-order valence-corrected chi connectivity index (χ2v) is 5.11. The molecule has 7 heteroatoms. The molecule has 1 N–H and O–H groups in total. The molecular weight excluding hydrogens is 288 g/mol. The highest BCUT2D eigenvalue weighted by Gasteiger charge is 2.18. The molecule has 3 rings (SSSR count). The number of aliphatic carboxylic acids is 1. The highest BCUT2D eigenvalue weighted by molar-refractivity contribution is 7.10. The SMILES string of the molecule is O=C(O)/C(=C/c1cccs1)n1nnnc1-c1ccccc1. The van der Waals surface area contributed by atoms with Crippen molar-refractivity contribution in [1.82, 2.24) is 20.2 Å². The molecule has 0 atom stereocenters. The lowest BCUT2D eigenvalue weighted by Gasteiger charge is -2.05. The maximum atomic E-state index is 11.5. The zero-order valence-corrected chi connectivity index (χ0v) is 11.6. The Morgan fingerprint density at radius 1 is 1.19 bits per heavy atom. The molecule has 0 spiro atoms. The minimum Gasteiger partial charge on any atom is -0.477 e. The average Bonchev–Trinajstić information content (AvgIpc) is 3.17. The summed E-state index contributed by atoms with van der Waals surface area (Å²) < 4.78 is 1.23. The van der Waals surface area contributed by atoms with Crippen LogP contribution in [0.25, 0.3) is 23.2 Å². The van der Waals surface area contributed by atoms with Crippen LogP contribution < -0.4 is 0 Å². The van der Waals surface area contributed by atoms with Gasteiger partial charge in [-0.05, 0) is 27.9 Å². The van der Waals surface area contributed by atoms with Gasteiger partial charge in [-0.3, -0.25) is 0 Å². The lowest BCUT2D eigenvalue weighted by atomic mass is 10.2. The van der Waals surface area contributed by atoms with Crippen molar-refractivity contribution in [2.24, 2.45) is 0 Å². The average molecular weight is 298 g/mol. The summed E-state index contributed by atoms with van der Waals surface area (Å²) in [6.07, 6.45) is 1.55. The highest BCUT2D eigenvalue weighted by Crippen LogP contribution is 2.21. The van der Waals surface area contributed by atoms with Gasteiger partial charge in [-0.15, -0.1) is 16.4 Å². The minimum atomic E-state index is -1.09. The van der Waals surface area contributed by atoms with Gasteiger partial charge in [0, 0.05) is 10.4 Å². The molecule has 0 saturated heterocycles. The van der Waals surface area contributed by atoms with Crippen molar-refractivity contribution < 1.29 is 9.90 Å². The third-order valence-electron chi connectivity index (χ3n) is 2.77. The predicted molar refractivity (Wildman–Crippen MR) is 79.4 cm³/mol. The van der Waals surface area contributed by atoms with Crippen LogP contribution in [-0.4, -0.2) is 31.3 Å². The Morgan fingerprint density at radius 2 is 2.00 bits per heavy atom. The quantitative estimate of drug-likeness (QED) is 0.748. The highest BCUT2D eigenvalue weighted by atomic mass is 32.1. The summed E-state index contributed by atoms with van der Waals surface area (Å²) >= 11 is 1.45. The second-order valence-electron chi connectivity index (χ2n) is 4.13. The molecule has 104 valence electrons. The van der Waals surface area contributed by atoms with E-state index in [2.05, 4.69) is 15.5 Å². The third-order valence-corrected chi connectivity index (χ3v) is 3.59. The van der Waals surface area contributed by atoms with Crippen LogP contribution in [0.5, 0.6) is 0 Å². The first kappa shape index (κ1) is 13.2. The fourth-order valence-electron chi connectivity index (χ4n) is 1.84. The van der Waals surface area contributed by atoms with Crippen LogP contribution in [-0.2, 0) is 4.79 Å². The largest absolute Gasteiger partial charge is 0.477 e. The molecule has 0 aliphatic carbocycles. The number of tetrazole rings is 1. The van der Waals surface area contributed by atoms with Crippen molar-refractivity contribution in [3.8, 4) is 11.4 Å². The third kappa shape index (κ3) is 2.72. The summed E-state index contributed by atoms with van der Waals surface area (Å²) in [5.41, 5.74) is 0.752. The van der Waals surface area contributed by atoms with Crippen LogP contribution in [0.2, 0.25) is 0 Å². The fourth-order valence-corrected chi connectivity index (χ4v) is 2.49. The number of nitrogens with zero attached hydrogens (tertiary/aromatic N) is 4. The van der Waals surface area contributed by atoms with Gasteiger partial charge in [0.2, 0.25) is 0 Å². The molecule has 0 amide bonds. The molecule has 2 aromatic heterocycles. The summed E-state index contributed by atoms with van der Waals surface area (Å²) in [5.74, 6) is -0.700. The first-order valence-electron chi connectivity index (χ1n) is 6.08. The van der Waals surface area contributed by atoms with Crippen molar-refractivity contribution in [3.63, 3.8) is 0 Å². The molecule has 1 aromatic carbocycles. The van der Waals surface area contributed by atoms with E-state index in [1.807, 2.05) is 47.8 Å². The maximum absolute atomic E-state index is 11.5. The van der Waals surface area contributed by atoms with E-state index in [4.69, 9.17) is 0 Å². The number of hydrogen-bond acceptors (Lipinski definition) is 5. The van der Waals surface area contributed by atoms with Crippen LogP contribution in [0, 0.1) is 0 Å².